The summed E-state index contributed by atoms with van der Waals surface area (Å²) >= 11 is 0. The Kier molecular flexibility index (Phi) is 3.19. The molecule has 1 aliphatic carbocycles. The zero-order chi connectivity index (χ0) is 12.5. The monoisotopic (exact) mass is 236 g/mol. The molecule has 0 amide bonds. The van der Waals surface area contributed by atoms with Crippen molar-refractivity contribution in [1.29, 1.82) is 0 Å². The van der Waals surface area contributed by atoms with Crippen LogP contribution in [-0.4, -0.2) is 33.8 Å². The molecule has 2 rings (SSSR count). The van der Waals surface area contributed by atoms with Crippen molar-refractivity contribution >= 4 is 11.6 Å². The van der Waals surface area contributed by atoms with Crippen LogP contribution < -0.4 is 10.6 Å². The van der Waals surface area contributed by atoms with E-state index in [2.05, 4.69) is 34.4 Å². The highest BCUT2D eigenvalue weighted by Gasteiger charge is 2.47. The third-order valence-electron chi connectivity index (χ3n) is 3.53. The molecule has 0 aromatic carbocycles. The molecule has 0 radical (unpaired) electrons. The van der Waals surface area contributed by atoms with Gasteiger partial charge in [-0.05, 0) is 13.3 Å². The largest absolute Gasteiger partial charge is 0.392 e. The Labute approximate surface area is 102 Å². The van der Waals surface area contributed by atoms with E-state index in [0.717, 1.165) is 24.6 Å². The first-order valence-electron chi connectivity index (χ1n) is 6.04. The quantitative estimate of drug-likeness (QED) is 0.738. The predicted molar refractivity (Wildman–Crippen MR) is 68.0 cm³/mol. The molecule has 1 aliphatic rings. The number of nitrogens with one attached hydrogen (secondary N) is 2. The Morgan fingerprint density at radius 3 is 2.71 bits per heavy atom. The molecule has 1 fully saturated rings. The van der Waals surface area contributed by atoms with Gasteiger partial charge < -0.3 is 15.7 Å². The summed E-state index contributed by atoms with van der Waals surface area (Å²) in [5.41, 5.74) is -0.101. The summed E-state index contributed by atoms with van der Waals surface area (Å²) in [5.74, 6) is 1.53. The van der Waals surface area contributed by atoms with Crippen LogP contribution in [0.15, 0.2) is 12.4 Å². The van der Waals surface area contributed by atoms with Crippen molar-refractivity contribution in [3.63, 3.8) is 0 Å². The third-order valence-corrected chi connectivity index (χ3v) is 3.53. The predicted octanol–water partition coefficient (Wildman–Crippen LogP) is 1.48. The Morgan fingerprint density at radius 1 is 1.41 bits per heavy atom. The van der Waals surface area contributed by atoms with Crippen molar-refractivity contribution in [2.45, 2.75) is 39.3 Å². The van der Waals surface area contributed by atoms with Gasteiger partial charge in [-0.15, -0.1) is 0 Å². The van der Waals surface area contributed by atoms with E-state index in [4.69, 9.17) is 0 Å². The van der Waals surface area contributed by atoms with E-state index in [-0.39, 0.29) is 17.6 Å². The molecule has 3 N–H and O–H groups in total. The van der Waals surface area contributed by atoms with E-state index in [9.17, 15) is 5.11 Å². The summed E-state index contributed by atoms with van der Waals surface area (Å²) in [6.07, 6.45) is 3.95. The SMILES string of the molecule is CCNc1cncc(NC2CC(O)C2(C)C)n1. The highest BCUT2D eigenvalue weighted by molar-refractivity contribution is 5.43. The number of aliphatic hydroxyl groups is 1. The van der Waals surface area contributed by atoms with Gasteiger partial charge in [-0.3, -0.25) is 4.98 Å². The molecule has 0 spiro atoms. The summed E-state index contributed by atoms with van der Waals surface area (Å²) in [7, 11) is 0. The minimum Gasteiger partial charge on any atom is -0.392 e. The lowest BCUT2D eigenvalue weighted by Gasteiger charge is -2.49. The van der Waals surface area contributed by atoms with Crippen molar-refractivity contribution in [1.82, 2.24) is 9.97 Å². The number of aromatic nitrogens is 2. The number of anilines is 2. The molecule has 2 unspecified atom stereocenters. The minimum atomic E-state index is -0.232. The van der Waals surface area contributed by atoms with Gasteiger partial charge in [0, 0.05) is 18.0 Å². The van der Waals surface area contributed by atoms with Crippen LogP contribution in [0.2, 0.25) is 0 Å². The van der Waals surface area contributed by atoms with Gasteiger partial charge in [0.15, 0.2) is 0 Å². The van der Waals surface area contributed by atoms with Crippen molar-refractivity contribution in [3.8, 4) is 0 Å². The molecule has 5 nitrogen and oxygen atoms in total. The molecule has 0 saturated heterocycles. The Balaban J connectivity index is 2.02. The second kappa shape index (κ2) is 4.49. The van der Waals surface area contributed by atoms with Gasteiger partial charge in [0.25, 0.3) is 0 Å². The fourth-order valence-electron chi connectivity index (χ4n) is 2.03. The zero-order valence-corrected chi connectivity index (χ0v) is 10.6. The molecular formula is C12H20N4O. The maximum Gasteiger partial charge on any atom is 0.147 e. The highest BCUT2D eigenvalue weighted by Crippen LogP contribution is 2.41. The van der Waals surface area contributed by atoms with Crippen molar-refractivity contribution in [2.75, 3.05) is 17.2 Å². The molecule has 94 valence electrons. The summed E-state index contributed by atoms with van der Waals surface area (Å²) in [4.78, 5) is 8.54. The van der Waals surface area contributed by atoms with Crippen molar-refractivity contribution in [2.24, 2.45) is 5.41 Å². The number of hydrogen-bond acceptors (Lipinski definition) is 5. The number of nitrogens with zero attached hydrogens (tertiary/aromatic N) is 2. The first-order valence-corrected chi connectivity index (χ1v) is 6.04. The fraction of sp³-hybridized carbons (Fsp3) is 0.667. The van der Waals surface area contributed by atoms with E-state index in [1.165, 1.54) is 0 Å². The van der Waals surface area contributed by atoms with E-state index >= 15 is 0 Å². The molecule has 1 aromatic rings. The number of aliphatic hydroxyl groups excluding tert-OH is 1. The van der Waals surface area contributed by atoms with Crippen LogP contribution in [0.25, 0.3) is 0 Å². The van der Waals surface area contributed by atoms with Crippen LogP contribution in [0, 0.1) is 5.41 Å². The second-order valence-electron chi connectivity index (χ2n) is 5.09. The van der Waals surface area contributed by atoms with Gasteiger partial charge in [-0.1, -0.05) is 13.8 Å². The zero-order valence-electron chi connectivity index (χ0n) is 10.6. The van der Waals surface area contributed by atoms with Gasteiger partial charge in [-0.25, -0.2) is 4.98 Å². The molecule has 2 atom stereocenters. The summed E-state index contributed by atoms with van der Waals surface area (Å²) in [5, 5.41) is 16.1. The van der Waals surface area contributed by atoms with Crippen LogP contribution in [0.1, 0.15) is 27.2 Å². The molecule has 1 saturated carbocycles. The Morgan fingerprint density at radius 2 is 2.12 bits per heavy atom. The Bertz CT molecular complexity index is 394. The van der Waals surface area contributed by atoms with Gasteiger partial charge >= 0.3 is 0 Å². The smallest absolute Gasteiger partial charge is 0.147 e. The molecular weight excluding hydrogens is 216 g/mol. The van der Waals surface area contributed by atoms with Gasteiger partial charge in [0.05, 0.1) is 18.5 Å². The first-order chi connectivity index (χ1) is 8.04. The topological polar surface area (TPSA) is 70.1 Å². The normalized spacial score (nSPS) is 26.1. The summed E-state index contributed by atoms with van der Waals surface area (Å²) in [6, 6.07) is 0.253. The maximum absolute atomic E-state index is 9.67. The van der Waals surface area contributed by atoms with E-state index in [1.54, 1.807) is 12.4 Å². The third kappa shape index (κ3) is 2.34. The molecule has 1 heterocycles. The van der Waals surface area contributed by atoms with Crippen LogP contribution in [0.5, 0.6) is 0 Å². The van der Waals surface area contributed by atoms with Gasteiger partial charge in [0.2, 0.25) is 0 Å². The number of hydrogen-bond donors (Lipinski definition) is 3. The van der Waals surface area contributed by atoms with Crippen LogP contribution >= 0.6 is 0 Å². The molecule has 0 bridgehead atoms. The molecule has 0 aliphatic heterocycles. The maximum atomic E-state index is 9.67. The van der Waals surface area contributed by atoms with Crippen LogP contribution in [-0.2, 0) is 0 Å². The van der Waals surface area contributed by atoms with Crippen LogP contribution in [0.4, 0.5) is 11.6 Å². The number of rotatable bonds is 4. The van der Waals surface area contributed by atoms with Gasteiger partial charge in [0.1, 0.15) is 11.6 Å². The van der Waals surface area contributed by atoms with Gasteiger partial charge in [-0.2, -0.15) is 0 Å². The molecule has 1 aromatic heterocycles. The summed E-state index contributed by atoms with van der Waals surface area (Å²) < 4.78 is 0. The minimum absolute atomic E-state index is 0.101. The highest BCUT2D eigenvalue weighted by atomic mass is 16.3. The van der Waals surface area contributed by atoms with E-state index < -0.39 is 0 Å². The van der Waals surface area contributed by atoms with E-state index in [1.807, 2.05) is 6.92 Å². The Hall–Kier alpha value is -1.36. The second-order valence-corrected chi connectivity index (χ2v) is 5.09. The van der Waals surface area contributed by atoms with Crippen molar-refractivity contribution in [3.05, 3.63) is 12.4 Å². The first kappa shape index (κ1) is 12.1. The standard InChI is InChI=1S/C12H20N4O/c1-4-14-10-6-13-7-11(16-10)15-8-5-9(17)12(8,2)3/h6-9,17H,4-5H2,1-3H3,(H2,14,15,16). The van der Waals surface area contributed by atoms with E-state index in [0.29, 0.717) is 0 Å². The van der Waals surface area contributed by atoms with Crippen molar-refractivity contribution < 1.29 is 5.11 Å². The average molecular weight is 236 g/mol. The summed E-state index contributed by atoms with van der Waals surface area (Å²) in [6.45, 7) is 6.96. The lowest BCUT2D eigenvalue weighted by Crippen LogP contribution is -2.57. The average Bonchev–Trinajstić information content (AvgIpc) is 2.30. The molecule has 17 heavy (non-hydrogen) atoms. The fourth-order valence-corrected chi connectivity index (χ4v) is 2.03. The van der Waals surface area contributed by atoms with Crippen LogP contribution in [0.3, 0.4) is 0 Å². The lowest BCUT2D eigenvalue weighted by molar-refractivity contribution is -0.0511. The lowest BCUT2D eigenvalue weighted by atomic mass is 9.64. The molecule has 5 heteroatoms.